The molecule has 90 valence electrons. The Morgan fingerprint density at radius 1 is 1.00 bits per heavy atom. The van der Waals surface area contributed by atoms with E-state index in [4.69, 9.17) is 15.9 Å². The van der Waals surface area contributed by atoms with E-state index in [9.17, 15) is 0 Å². The molecule has 0 N–H and O–H groups in total. The summed E-state index contributed by atoms with van der Waals surface area (Å²) in [4.78, 5) is 0. The molecule has 2 aromatic carbocycles. The minimum absolute atomic E-state index is 0.690. The van der Waals surface area contributed by atoms with E-state index in [1.54, 1.807) is 20.3 Å². The van der Waals surface area contributed by atoms with Crippen molar-refractivity contribution in [3.05, 3.63) is 48.0 Å². The third kappa shape index (κ3) is 2.16. The third-order valence-electron chi connectivity index (χ3n) is 2.74. The van der Waals surface area contributed by atoms with Crippen molar-refractivity contribution in [1.29, 1.82) is 0 Å². The summed E-state index contributed by atoms with van der Waals surface area (Å²) < 4.78 is 10.7. The Morgan fingerprint density at radius 3 is 2.28 bits per heavy atom. The van der Waals surface area contributed by atoms with Crippen molar-refractivity contribution in [2.24, 2.45) is 0 Å². The first kappa shape index (κ1) is 12.1. The van der Waals surface area contributed by atoms with Crippen molar-refractivity contribution >= 4 is 0 Å². The van der Waals surface area contributed by atoms with Gasteiger partial charge in [0.1, 0.15) is 11.5 Å². The Balaban J connectivity index is 2.69. The molecule has 0 unspecified atom stereocenters. The van der Waals surface area contributed by atoms with Gasteiger partial charge in [0.25, 0.3) is 0 Å². The maximum atomic E-state index is 5.51. The van der Waals surface area contributed by atoms with Crippen LogP contribution in [0.25, 0.3) is 11.1 Å². The second kappa shape index (κ2) is 5.29. The van der Waals surface area contributed by atoms with E-state index in [1.807, 2.05) is 36.4 Å². The summed E-state index contributed by atoms with van der Waals surface area (Å²) in [5.74, 6) is 4.05. The fourth-order valence-corrected chi connectivity index (χ4v) is 1.88. The largest absolute Gasteiger partial charge is 0.497 e. The highest BCUT2D eigenvalue weighted by Crippen LogP contribution is 2.36. The molecule has 2 nitrogen and oxygen atoms in total. The maximum Gasteiger partial charge on any atom is 0.142 e. The maximum absolute atomic E-state index is 5.51. The van der Waals surface area contributed by atoms with Crippen molar-refractivity contribution in [2.75, 3.05) is 14.2 Å². The van der Waals surface area contributed by atoms with Gasteiger partial charge in [-0.1, -0.05) is 36.3 Å². The second-order valence-corrected chi connectivity index (χ2v) is 3.77. The zero-order valence-electron chi connectivity index (χ0n) is 10.4. The van der Waals surface area contributed by atoms with E-state index in [0.29, 0.717) is 11.3 Å². The molecule has 0 saturated heterocycles. The molecule has 0 fully saturated rings. The molecule has 0 aliphatic heterocycles. The number of ether oxygens (including phenoxy) is 2. The molecule has 2 heteroatoms. The highest BCUT2D eigenvalue weighted by Gasteiger charge is 2.12. The summed E-state index contributed by atoms with van der Waals surface area (Å²) >= 11 is 0. The number of rotatable bonds is 3. The molecule has 0 atom stereocenters. The van der Waals surface area contributed by atoms with Crippen molar-refractivity contribution in [2.45, 2.75) is 0 Å². The van der Waals surface area contributed by atoms with Crippen molar-refractivity contribution in [3.63, 3.8) is 0 Å². The Kier molecular flexibility index (Phi) is 3.54. The molecule has 0 aliphatic rings. The molecule has 0 heterocycles. The van der Waals surface area contributed by atoms with E-state index < -0.39 is 0 Å². The van der Waals surface area contributed by atoms with Gasteiger partial charge >= 0.3 is 0 Å². The summed E-state index contributed by atoms with van der Waals surface area (Å²) in [6, 6.07) is 13.7. The molecule has 2 rings (SSSR count). The molecule has 0 amide bonds. The van der Waals surface area contributed by atoms with Gasteiger partial charge in [-0.3, -0.25) is 0 Å². The number of hydrogen-bond donors (Lipinski definition) is 0. The first-order valence-electron chi connectivity index (χ1n) is 5.58. The summed E-state index contributed by atoms with van der Waals surface area (Å²) in [6.45, 7) is 0. The highest BCUT2D eigenvalue weighted by atomic mass is 16.5. The van der Waals surface area contributed by atoms with Gasteiger partial charge in [-0.05, 0) is 17.7 Å². The van der Waals surface area contributed by atoms with Gasteiger partial charge in [-0.25, -0.2) is 0 Å². The monoisotopic (exact) mass is 238 g/mol. The zero-order chi connectivity index (χ0) is 13.0. The average molecular weight is 238 g/mol. The van der Waals surface area contributed by atoms with Crippen molar-refractivity contribution in [1.82, 2.24) is 0 Å². The van der Waals surface area contributed by atoms with Crippen LogP contribution >= 0.6 is 0 Å². The van der Waals surface area contributed by atoms with Crippen LogP contribution < -0.4 is 9.47 Å². The predicted octanol–water partition coefficient (Wildman–Crippen LogP) is 3.35. The summed E-state index contributed by atoms with van der Waals surface area (Å²) in [5, 5.41) is 0. The highest BCUT2D eigenvalue weighted by molar-refractivity contribution is 5.75. The Bertz CT molecular complexity index is 580. The van der Waals surface area contributed by atoms with Gasteiger partial charge in [-0.15, -0.1) is 6.42 Å². The smallest absolute Gasteiger partial charge is 0.142 e. The lowest BCUT2D eigenvalue weighted by molar-refractivity contribution is 0.403. The van der Waals surface area contributed by atoms with Crippen molar-refractivity contribution < 1.29 is 9.47 Å². The van der Waals surface area contributed by atoms with Crippen LogP contribution in [-0.4, -0.2) is 14.2 Å². The van der Waals surface area contributed by atoms with Crippen LogP contribution in [-0.2, 0) is 0 Å². The second-order valence-electron chi connectivity index (χ2n) is 3.77. The van der Waals surface area contributed by atoms with Gasteiger partial charge in [-0.2, -0.15) is 0 Å². The zero-order valence-corrected chi connectivity index (χ0v) is 10.4. The average Bonchev–Trinajstić information content (AvgIpc) is 2.46. The topological polar surface area (TPSA) is 18.5 Å². The number of terminal acetylenes is 1. The molecule has 0 aliphatic carbocycles. The minimum atomic E-state index is 0.690. The Hall–Kier alpha value is -2.40. The SMILES string of the molecule is C#Cc1cc(OC)cc(-c2ccccc2)c1OC. The van der Waals surface area contributed by atoms with Crippen LogP contribution in [0, 0.1) is 12.3 Å². The lowest BCUT2D eigenvalue weighted by Crippen LogP contribution is -1.94. The molecule has 0 aromatic heterocycles. The number of hydrogen-bond acceptors (Lipinski definition) is 2. The summed E-state index contributed by atoms with van der Waals surface area (Å²) in [6.07, 6.45) is 5.51. The van der Waals surface area contributed by atoms with Crippen LogP contribution in [0.1, 0.15) is 5.56 Å². The Morgan fingerprint density at radius 2 is 1.72 bits per heavy atom. The molecule has 0 spiro atoms. The fraction of sp³-hybridized carbons (Fsp3) is 0.125. The first-order chi connectivity index (χ1) is 8.80. The molecular weight excluding hydrogens is 224 g/mol. The van der Waals surface area contributed by atoms with Gasteiger partial charge in [0.15, 0.2) is 0 Å². The molecule has 0 radical (unpaired) electrons. The van der Waals surface area contributed by atoms with E-state index in [-0.39, 0.29) is 0 Å². The normalized spacial score (nSPS) is 9.61. The molecule has 18 heavy (non-hydrogen) atoms. The fourth-order valence-electron chi connectivity index (χ4n) is 1.88. The minimum Gasteiger partial charge on any atom is -0.497 e. The lowest BCUT2D eigenvalue weighted by atomic mass is 10.0. The third-order valence-corrected chi connectivity index (χ3v) is 2.74. The number of benzene rings is 2. The number of methoxy groups -OCH3 is 2. The summed E-state index contributed by atoms with van der Waals surface area (Å²) in [5.41, 5.74) is 2.67. The molecule has 0 bridgehead atoms. The quantitative estimate of drug-likeness (QED) is 0.763. The van der Waals surface area contributed by atoms with E-state index in [2.05, 4.69) is 5.92 Å². The van der Waals surface area contributed by atoms with Gasteiger partial charge in [0, 0.05) is 5.56 Å². The van der Waals surface area contributed by atoms with E-state index in [1.165, 1.54) is 0 Å². The van der Waals surface area contributed by atoms with Crippen LogP contribution in [0.3, 0.4) is 0 Å². The first-order valence-corrected chi connectivity index (χ1v) is 5.58. The molecule has 0 saturated carbocycles. The van der Waals surface area contributed by atoms with Crippen LogP contribution in [0.5, 0.6) is 11.5 Å². The molecular formula is C16H14O2. The lowest BCUT2D eigenvalue weighted by Gasteiger charge is -2.13. The summed E-state index contributed by atoms with van der Waals surface area (Å²) in [7, 11) is 3.24. The van der Waals surface area contributed by atoms with Crippen molar-refractivity contribution in [3.8, 4) is 35.0 Å². The van der Waals surface area contributed by atoms with E-state index in [0.717, 1.165) is 16.9 Å². The Labute approximate surface area is 107 Å². The predicted molar refractivity (Wildman–Crippen MR) is 72.9 cm³/mol. The van der Waals surface area contributed by atoms with Crippen LogP contribution in [0.2, 0.25) is 0 Å². The van der Waals surface area contributed by atoms with E-state index >= 15 is 0 Å². The van der Waals surface area contributed by atoms with Gasteiger partial charge in [0.2, 0.25) is 0 Å². The standard InChI is InChI=1S/C16H14O2/c1-4-12-10-14(17-2)11-15(16(12)18-3)13-8-6-5-7-9-13/h1,5-11H,2-3H3. The molecule has 2 aromatic rings. The van der Waals surface area contributed by atoms with Gasteiger partial charge < -0.3 is 9.47 Å². The van der Waals surface area contributed by atoms with Crippen LogP contribution in [0.4, 0.5) is 0 Å². The van der Waals surface area contributed by atoms with Gasteiger partial charge in [0.05, 0.1) is 19.8 Å². The van der Waals surface area contributed by atoms with Crippen LogP contribution in [0.15, 0.2) is 42.5 Å².